The summed E-state index contributed by atoms with van der Waals surface area (Å²) >= 11 is 5.87. The van der Waals surface area contributed by atoms with Crippen LogP contribution >= 0.6 is 11.6 Å². The van der Waals surface area contributed by atoms with Gasteiger partial charge in [0.15, 0.2) is 0 Å². The van der Waals surface area contributed by atoms with Crippen molar-refractivity contribution < 1.29 is 32.3 Å². The first-order valence-electron chi connectivity index (χ1n) is 10.7. The molecule has 34 heavy (non-hydrogen) atoms. The molecule has 6 nitrogen and oxygen atoms in total. The summed E-state index contributed by atoms with van der Waals surface area (Å²) in [5.74, 6) is -2.29. The zero-order valence-electron chi connectivity index (χ0n) is 17.9. The number of alkyl halides is 3. The Morgan fingerprint density at radius 3 is 2.06 bits per heavy atom. The van der Waals surface area contributed by atoms with Crippen LogP contribution in [0.1, 0.15) is 26.3 Å². The Morgan fingerprint density at radius 2 is 1.47 bits per heavy atom. The molecule has 2 aromatic rings. The number of rotatable bonds is 3. The van der Waals surface area contributed by atoms with Gasteiger partial charge in [0.05, 0.1) is 17.7 Å². The van der Waals surface area contributed by atoms with E-state index in [1.54, 1.807) is 29.2 Å². The zero-order valence-corrected chi connectivity index (χ0v) is 18.7. The quantitative estimate of drug-likeness (QED) is 0.659. The average molecular weight is 500 g/mol. The molecule has 2 amide bonds. The molecule has 0 saturated carbocycles. The zero-order chi connectivity index (χ0) is 24.6. The fourth-order valence-electron chi connectivity index (χ4n) is 4.39. The molecule has 0 aliphatic carbocycles. The van der Waals surface area contributed by atoms with Crippen molar-refractivity contribution in [2.24, 2.45) is 0 Å². The van der Waals surface area contributed by atoms with E-state index in [0.29, 0.717) is 48.9 Å². The molecule has 2 saturated heterocycles. The van der Waals surface area contributed by atoms with Gasteiger partial charge in [-0.2, -0.15) is 13.2 Å². The molecule has 2 heterocycles. The number of carbonyl (C=O) groups is 2. The maximum absolute atomic E-state index is 13.9. The van der Waals surface area contributed by atoms with E-state index in [1.807, 2.05) is 4.90 Å². The number of β-amino-alcohol motifs (C(OH)–C–C–N with tert-alkyl or cyclic N) is 1. The van der Waals surface area contributed by atoms with Gasteiger partial charge in [0.1, 0.15) is 5.82 Å². The van der Waals surface area contributed by atoms with Gasteiger partial charge in [-0.15, -0.1) is 0 Å². The van der Waals surface area contributed by atoms with Crippen molar-refractivity contribution in [3.8, 4) is 0 Å². The van der Waals surface area contributed by atoms with Gasteiger partial charge in [0.25, 0.3) is 11.8 Å². The Morgan fingerprint density at radius 1 is 0.882 bits per heavy atom. The number of nitrogens with zero attached hydrogens (tertiary/aromatic N) is 3. The van der Waals surface area contributed by atoms with Crippen LogP contribution in [0.4, 0.5) is 17.6 Å². The minimum Gasteiger partial charge on any atom is -0.390 e. The summed E-state index contributed by atoms with van der Waals surface area (Å²) in [7, 11) is 0. The van der Waals surface area contributed by atoms with Crippen LogP contribution < -0.4 is 0 Å². The summed E-state index contributed by atoms with van der Waals surface area (Å²) in [5, 5.41) is 11.1. The van der Waals surface area contributed by atoms with E-state index < -0.39 is 35.6 Å². The third-order valence-corrected chi connectivity index (χ3v) is 6.48. The molecule has 11 heteroatoms. The van der Waals surface area contributed by atoms with E-state index in [9.17, 15) is 32.3 Å². The third-order valence-electron chi connectivity index (χ3n) is 6.23. The first kappa shape index (κ1) is 24.4. The van der Waals surface area contributed by atoms with Crippen LogP contribution in [-0.4, -0.2) is 83.0 Å². The minimum atomic E-state index is -4.85. The Balaban J connectivity index is 1.36. The summed E-state index contributed by atoms with van der Waals surface area (Å²) in [5.41, 5.74) is -1.12. The van der Waals surface area contributed by atoms with E-state index in [0.717, 1.165) is 6.07 Å². The molecule has 2 aromatic carbocycles. The van der Waals surface area contributed by atoms with Crippen LogP contribution in [0.15, 0.2) is 42.5 Å². The van der Waals surface area contributed by atoms with Crippen molar-refractivity contribution >= 4 is 23.4 Å². The van der Waals surface area contributed by atoms with Crippen molar-refractivity contribution in [2.75, 3.05) is 39.3 Å². The molecule has 182 valence electrons. The normalized spacial score (nSPS) is 21.7. The van der Waals surface area contributed by atoms with Crippen LogP contribution in [0.5, 0.6) is 0 Å². The van der Waals surface area contributed by atoms with Gasteiger partial charge in [0.2, 0.25) is 0 Å². The van der Waals surface area contributed by atoms with Crippen molar-refractivity contribution in [3.63, 3.8) is 0 Å². The molecule has 2 aliphatic rings. The summed E-state index contributed by atoms with van der Waals surface area (Å²) in [6, 6.07) is 8.28. The molecule has 0 unspecified atom stereocenters. The highest BCUT2D eigenvalue weighted by Crippen LogP contribution is 2.32. The number of piperazine rings is 1. The summed E-state index contributed by atoms with van der Waals surface area (Å²) < 4.78 is 52.2. The lowest BCUT2D eigenvalue weighted by Gasteiger charge is -2.38. The van der Waals surface area contributed by atoms with E-state index in [1.165, 1.54) is 4.90 Å². The summed E-state index contributed by atoms with van der Waals surface area (Å²) in [6.45, 7) is 1.96. The van der Waals surface area contributed by atoms with Gasteiger partial charge in [-0.25, -0.2) is 4.39 Å². The lowest BCUT2D eigenvalue weighted by molar-refractivity contribution is -0.140. The molecule has 2 fully saturated rings. The maximum Gasteiger partial charge on any atom is 0.419 e. The van der Waals surface area contributed by atoms with Crippen molar-refractivity contribution in [1.82, 2.24) is 14.7 Å². The minimum absolute atomic E-state index is 0.0178. The fraction of sp³-hybridized carbons (Fsp3) is 0.391. The molecule has 0 bridgehead atoms. The molecule has 1 N–H and O–H groups in total. The van der Waals surface area contributed by atoms with Crippen LogP contribution in [0.3, 0.4) is 0 Å². The monoisotopic (exact) mass is 499 g/mol. The molecule has 0 spiro atoms. The fourth-order valence-corrected chi connectivity index (χ4v) is 4.51. The van der Waals surface area contributed by atoms with Gasteiger partial charge >= 0.3 is 6.18 Å². The van der Waals surface area contributed by atoms with Gasteiger partial charge in [-0.05, 0) is 42.5 Å². The first-order valence-corrected chi connectivity index (χ1v) is 11.1. The largest absolute Gasteiger partial charge is 0.419 e. The second-order valence-corrected chi connectivity index (χ2v) is 8.81. The van der Waals surface area contributed by atoms with Crippen LogP contribution in [-0.2, 0) is 6.18 Å². The number of aliphatic hydroxyl groups excluding tert-OH is 1. The highest BCUT2D eigenvalue weighted by molar-refractivity contribution is 6.30. The lowest BCUT2D eigenvalue weighted by Crippen LogP contribution is -2.54. The third kappa shape index (κ3) is 5.03. The number of likely N-dealkylation sites (tertiary alicyclic amines) is 1. The van der Waals surface area contributed by atoms with Crippen LogP contribution in [0.25, 0.3) is 0 Å². The topological polar surface area (TPSA) is 64.1 Å². The molecule has 0 radical (unpaired) electrons. The molecule has 4 rings (SSSR count). The summed E-state index contributed by atoms with van der Waals surface area (Å²) in [6.07, 6.45) is -5.72. The van der Waals surface area contributed by atoms with Crippen molar-refractivity contribution in [3.05, 3.63) is 70.0 Å². The second-order valence-electron chi connectivity index (χ2n) is 8.37. The van der Waals surface area contributed by atoms with Crippen LogP contribution in [0, 0.1) is 5.82 Å². The number of aliphatic hydroxyl groups is 1. The SMILES string of the molecule is O=C(c1ccc(Cl)cc1)N1CCN([C@@H]2CN(C(=O)c3ccc(C(F)(F)F)c(F)c3)C[C@H]2O)CC1. The number of hydrogen-bond donors (Lipinski definition) is 1. The number of amides is 2. The Labute approximate surface area is 198 Å². The molecule has 0 aromatic heterocycles. The highest BCUT2D eigenvalue weighted by atomic mass is 35.5. The summed E-state index contributed by atoms with van der Waals surface area (Å²) in [4.78, 5) is 30.4. The van der Waals surface area contributed by atoms with Crippen molar-refractivity contribution in [1.29, 1.82) is 0 Å². The molecular formula is C23H22ClF4N3O3. The standard InChI is InChI=1S/C23H22ClF4N3O3/c24-16-4-1-14(2-5-16)21(33)30-9-7-29(8-10-30)19-12-31(13-20(19)32)22(34)15-3-6-17(18(25)11-15)23(26,27)28/h1-6,11,19-20,32H,7-10,12-13H2/t19-,20-/m1/s1. The van der Waals surface area contributed by atoms with E-state index >= 15 is 0 Å². The number of benzene rings is 2. The lowest BCUT2D eigenvalue weighted by atomic mass is 10.1. The first-order chi connectivity index (χ1) is 16.0. The Kier molecular flexibility index (Phi) is 6.84. The molecule has 2 atom stereocenters. The maximum atomic E-state index is 13.9. The average Bonchev–Trinajstić information content (AvgIpc) is 3.19. The van der Waals surface area contributed by atoms with Gasteiger partial charge in [-0.1, -0.05) is 11.6 Å². The molecular weight excluding hydrogens is 478 g/mol. The van der Waals surface area contributed by atoms with Gasteiger partial charge in [-0.3, -0.25) is 14.5 Å². The molecule has 2 aliphatic heterocycles. The van der Waals surface area contributed by atoms with Crippen LogP contribution in [0.2, 0.25) is 5.02 Å². The number of halogens is 5. The van der Waals surface area contributed by atoms with E-state index in [-0.39, 0.29) is 24.6 Å². The predicted octanol–water partition coefficient (Wildman–Crippen LogP) is 3.14. The Bertz CT molecular complexity index is 1070. The van der Waals surface area contributed by atoms with Gasteiger partial charge in [0, 0.05) is 55.4 Å². The Hall–Kier alpha value is -2.69. The second kappa shape index (κ2) is 9.52. The number of carbonyl (C=O) groups excluding carboxylic acids is 2. The smallest absolute Gasteiger partial charge is 0.390 e. The van der Waals surface area contributed by atoms with Gasteiger partial charge < -0.3 is 14.9 Å². The number of hydrogen-bond acceptors (Lipinski definition) is 4. The van der Waals surface area contributed by atoms with E-state index in [2.05, 4.69) is 0 Å². The van der Waals surface area contributed by atoms with E-state index in [4.69, 9.17) is 11.6 Å². The van der Waals surface area contributed by atoms with Crippen molar-refractivity contribution in [2.45, 2.75) is 18.3 Å². The highest BCUT2D eigenvalue weighted by Gasteiger charge is 2.40. The predicted molar refractivity (Wildman–Crippen MR) is 116 cm³/mol.